The molecule has 7 rings (SSSR count). The lowest BCUT2D eigenvalue weighted by Crippen LogP contribution is -2.52. The smallest absolute Gasteiger partial charge is 0.267 e. The molecule has 2 aliphatic heterocycles. The maximum Gasteiger partial charge on any atom is 0.267 e. The number of halogens is 1. The average Bonchev–Trinajstić information content (AvgIpc) is 3.62. The highest BCUT2D eigenvalue weighted by Crippen LogP contribution is 2.43. The Hall–Kier alpha value is -4.53. The number of aromatic nitrogens is 3. The lowest BCUT2D eigenvalue weighted by Gasteiger charge is -2.35. The van der Waals surface area contributed by atoms with Crippen LogP contribution in [0.1, 0.15) is 35.2 Å². The standard InChI is InChI=1S/C29H26FN7O/c1-35-28(38)25-26(31-20-7-3-2-4-8-20)34-36(27(25)37-23-11-5-10-22(23)33-29(35)37)17-18-13-15-19(16-14-18)21-9-6-12-24(30)32-21/h2-4,6-9,12-16,22-23H,5,10-11,17H2,1H3,(H,31,34). The Morgan fingerprint density at radius 3 is 2.61 bits per heavy atom. The number of rotatable bonds is 5. The van der Waals surface area contributed by atoms with Gasteiger partial charge < -0.3 is 5.32 Å². The third kappa shape index (κ3) is 3.65. The van der Waals surface area contributed by atoms with Crippen molar-refractivity contribution in [2.75, 3.05) is 17.3 Å². The fourth-order valence-corrected chi connectivity index (χ4v) is 5.76. The quantitative estimate of drug-likeness (QED) is 0.382. The molecule has 2 unspecified atom stereocenters. The summed E-state index contributed by atoms with van der Waals surface area (Å²) in [7, 11) is 1.79. The van der Waals surface area contributed by atoms with Gasteiger partial charge in [0.05, 0.1) is 24.3 Å². The average molecular weight is 508 g/mol. The van der Waals surface area contributed by atoms with Gasteiger partial charge in [0.25, 0.3) is 5.91 Å². The number of hydrogen-bond acceptors (Lipinski definition) is 6. The molecule has 1 saturated carbocycles. The number of fused-ring (bicyclic) bond motifs is 5. The van der Waals surface area contributed by atoms with Gasteiger partial charge in [-0.25, -0.2) is 14.7 Å². The number of guanidine groups is 1. The van der Waals surface area contributed by atoms with Gasteiger partial charge in [0.15, 0.2) is 5.82 Å². The van der Waals surface area contributed by atoms with Crippen LogP contribution in [-0.2, 0) is 6.54 Å². The fraction of sp³-hybridized carbons (Fsp3) is 0.241. The van der Waals surface area contributed by atoms with E-state index in [0.29, 0.717) is 29.6 Å². The number of para-hydroxylation sites is 1. The lowest BCUT2D eigenvalue weighted by atomic mass is 10.1. The molecule has 1 N–H and O–H groups in total. The summed E-state index contributed by atoms with van der Waals surface area (Å²) in [6.07, 6.45) is 3.18. The molecule has 1 aliphatic carbocycles. The van der Waals surface area contributed by atoms with Gasteiger partial charge in [-0.3, -0.25) is 14.6 Å². The second kappa shape index (κ2) is 8.79. The maximum absolute atomic E-state index is 13.7. The highest BCUT2D eigenvalue weighted by molar-refractivity contribution is 6.21. The van der Waals surface area contributed by atoms with Crippen molar-refractivity contribution in [3.63, 3.8) is 0 Å². The third-order valence-corrected chi connectivity index (χ3v) is 7.58. The minimum atomic E-state index is -0.504. The molecule has 3 aliphatic rings. The van der Waals surface area contributed by atoms with Gasteiger partial charge in [-0.15, -0.1) is 0 Å². The molecule has 1 fully saturated rings. The van der Waals surface area contributed by atoms with E-state index in [0.717, 1.165) is 41.9 Å². The van der Waals surface area contributed by atoms with Crippen LogP contribution >= 0.6 is 0 Å². The highest BCUT2D eigenvalue weighted by atomic mass is 19.1. The van der Waals surface area contributed by atoms with Crippen LogP contribution in [0.4, 0.5) is 21.7 Å². The van der Waals surface area contributed by atoms with E-state index in [-0.39, 0.29) is 18.0 Å². The number of carbonyl (C=O) groups excluding carboxylic acids is 1. The Kier molecular flexibility index (Phi) is 5.24. The first-order valence-electron chi connectivity index (χ1n) is 12.9. The van der Waals surface area contributed by atoms with Crippen LogP contribution in [-0.4, -0.2) is 50.7 Å². The zero-order chi connectivity index (χ0) is 25.8. The highest BCUT2D eigenvalue weighted by Gasteiger charge is 2.49. The molecule has 2 aromatic heterocycles. The number of anilines is 3. The summed E-state index contributed by atoms with van der Waals surface area (Å²) in [6, 6.07) is 22.8. The van der Waals surface area contributed by atoms with Gasteiger partial charge in [0.2, 0.25) is 11.9 Å². The van der Waals surface area contributed by atoms with Crippen LogP contribution in [0.2, 0.25) is 0 Å². The summed E-state index contributed by atoms with van der Waals surface area (Å²) >= 11 is 0. The minimum absolute atomic E-state index is 0.118. The molecule has 0 radical (unpaired) electrons. The van der Waals surface area contributed by atoms with Crippen molar-refractivity contribution in [2.45, 2.75) is 37.9 Å². The van der Waals surface area contributed by atoms with E-state index in [1.807, 2.05) is 59.3 Å². The SMILES string of the molecule is CN1C(=O)c2c(Nc3ccccc3)nn(Cc3ccc(-c4cccc(F)n4)cc3)c2N2C1=NC1CCCC12. The van der Waals surface area contributed by atoms with Crippen molar-refractivity contribution in [1.29, 1.82) is 0 Å². The van der Waals surface area contributed by atoms with E-state index in [1.165, 1.54) is 6.07 Å². The third-order valence-electron chi connectivity index (χ3n) is 7.58. The van der Waals surface area contributed by atoms with Crippen molar-refractivity contribution in [3.05, 3.63) is 89.9 Å². The molecule has 4 aromatic rings. The summed E-state index contributed by atoms with van der Waals surface area (Å²) in [6.45, 7) is 0.466. The molecule has 38 heavy (non-hydrogen) atoms. The van der Waals surface area contributed by atoms with Crippen molar-refractivity contribution >= 4 is 29.2 Å². The van der Waals surface area contributed by atoms with Gasteiger partial charge in [-0.1, -0.05) is 48.5 Å². The first-order chi connectivity index (χ1) is 18.6. The molecule has 0 bridgehead atoms. The van der Waals surface area contributed by atoms with Crippen molar-refractivity contribution < 1.29 is 9.18 Å². The fourth-order valence-electron chi connectivity index (χ4n) is 5.76. The summed E-state index contributed by atoms with van der Waals surface area (Å²) < 4.78 is 15.5. The first kappa shape index (κ1) is 22.7. The van der Waals surface area contributed by atoms with Crippen LogP contribution in [0.3, 0.4) is 0 Å². The van der Waals surface area contributed by atoms with Crippen molar-refractivity contribution in [2.24, 2.45) is 4.99 Å². The molecule has 9 heteroatoms. The second-order valence-electron chi connectivity index (χ2n) is 9.97. The van der Waals surface area contributed by atoms with Gasteiger partial charge in [0.1, 0.15) is 11.4 Å². The number of aliphatic imine (C=N–C) groups is 1. The molecule has 1 amide bonds. The van der Waals surface area contributed by atoms with Gasteiger partial charge >= 0.3 is 0 Å². The Bertz CT molecular complexity index is 1560. The molecule has 190 valence electrons. The second-order valence-corrected chi connectivity index (χ2v) is 9.97. The molecule has 2 aromatic carbocycles. The number of hydrogen-bond donors (Lipinski definition) is 1. The van der Waals surface area contributed by atoms with Crippen LogP contribution in [0.5, 0.6) is 0 Å². The predicted octanol–water partition coefficient (Wildman–Crippen LogP) is 5.06. The number of nitrogens with zero attached hydrogens (tertiary/aromatic N) is 6. The monoisotopic (exact) mass is 507 g/mol. The first-order valence-corrected chi connectivity index (χ1v) is 12.9. The van der Waals surface area contributed by atoms with Crippen LogP contribution in [0.25, 0.3) is 11.3 Å². The lowest BCUT2D eigenvalue weighted by molar-refractivity contribution is 0.0865. The van der Waals surface area contributed by atoms with Crippen LogP contribution in [0.15, 0.2) is 77.8 Å². The normalized spacial score (nSPS) is 19.7. The molecule has 0 spiro atoms. The van der Waals surface area contributed by atoms with Gasteiger partial charge in [-0.05, 0) is 49.1 Å². The van der Waals surface area contributed by atoms with E-state index in [4.69, 9.17) is 10.1 Å². The number of nitrogens with one attached hydrogen (secondary N) is 1. The molecule has 4 heterocycles. The van der Waals surface area contributed by atoms with Crippen molar-refractivity contribution in [1.82, 2.24) is 19.7 Å². The Morgan fingerprint density at radius 1 is 1.00 bits per heavy atom. The summed E-state index contributed by atoms with van der Waals surface area (Å²) in [4.78, 5) is 26.5. The number of carbonyl (C=O) groups is 1. The summed E-state index contributed by atoms with van der Waals surface area (Å²) in [5, 5.41) is 8.31. The number of benzene rings is 2. The van der Waals surface area contributed by atoms with E-state index >= 15 is 0 Å². The van der Waals surface area contributed by atoms with Crippen LogP contribution in [0, 0.1) is 5.95 Å². The zero-order valence-corrected chi connectivity index (χ0v) is 20.9. The topological polar surface area (TPSA) is 78.7 Å². The Balaban J connectivity index is 1.30. The van der Waals surface area contributed by atoms with E-state index in [1.54, 1.807) is 24.1 Å². The molecule has 0 saturated heterocycles. The minimum Gasteiger partial charge on any atom is -0.338 e. The van der Waals surface area contributed by atoms with Crippen LogP contribution < -0.4 is 10.2 Å². The van der Waals surface area contributed by atoms with E-state index in [2.05, 4.69) is 15.2 Å². The van der Waals surface area contributed by atoms with Crippen molar-refractivity contribution in [3.8, 4) is 11.3 Å². The predicted molar refractivity (Wildman–Crippen MR) is 144 cm³/mol. The molecule has 2 atom stereocenters. The molecular weight excluding hydrogens is 481 g/mol. The van der Waals surface area contributed by atoms with Gasteiger partial charge in [-0.2, -0.15) is 9.49 Å². The number of pyridine rings is 1. The summed E-state index contributed by atoms with van der Waals surface area (Å²) in [5.41, 5.74) is 3.85. The van der Waals surface area contributed by atoms with Gasteiger partial charge in [0, 0.05) is 18.3 Å². The maximum atomic E-state index is 13.7. The van der Waals surface area contributed by atoms with E-state index < -0.39 is 5.95 Å². The van der Waals surface area contributed by atoms with E-state index in [9.17, 15) is 9.18 Å². The summed E-state index contributed by atoms with van der Waals surface area (Å²) in [5.74, 6) is 1.40. The Morgan fingerprint density at radius 2 is 1.82 bits per heavy atom. The molecule has 8 nitrogen and oxygen atoms in total. The largest absolute Gasteiger partial charge is 0.338 e. The zero-order valence-electron chi connectivity index (χ0n) is 20.9. The number of amides is 1. The molecular formula is C29H26FN7O. The Labute approximate surface area is 219 Å².